The standard InChI is InChI=1S/C14H22O2/c1-10-6-7-12(14(3,4)5)13(8-10)16-9-11(2)15/h6-8,11,15H,9H2,1-5H3/t11-/m0/s1. The normalized spacial score (nSPS) is 13.6. The topological polar surface area (TPSA) is 29.5 Å². The Morgan fingerprint density at radius 1 is 1.31 bits per heavy atom. The molecular weight excluding hydrogens is 200 g/mol. The van der Waals surface area contributed by atoms with E-state index in [0.29, 0.717) is 6.61 Å². The summed E-state index contributed by atoms with van der Waals surface area (Å²) >= 11 is 0. The Bertz CT molecular complexity index is 348. The predicted octanol–water partition coefficient (Wildman–Crippen LogP) is 3.05. The molecule has 0 heterocycles. The Balaban J connectivity index is 2.99. The van der Waals surface area contributed by atoms with Gasteiger partial charge >= 0.3 is 0 Å². The summed E-state index contributed by atoms with van der Waals surface area (Å²) in [6.07, 6.45) is -0.437. The zero-order valence-electron chi connectivity index (χ0n) is 10.9. The molecule has 0 aliphatic carbocycles. The van der Waals surface area contributed by atoms with Crippen molar-refractivity contribution in [1.82, 2.24) is 0 Å². The fourth-order valence-corrected chi connectivity index (χ4v) is 1.58. The molecule has 0 aliphatic heterocycles. The fourth-order valence-electron chi connectivity index (χ4n) is 1.58. The minimum absolute atomic E-state index is 0.0573. The number of aliphatic hydroxyl groups excluding tert-OH is 1. The van der Waals surface area contributed by atoms with Crippen LogP contribution in [0, 0.1) is 6.92 Å². The Labute approximate surface area is 98.3 Å². The molecule has 0 fully saturated rings. The van der Waals surface area contributed by atoms with Gasteiger partial charge in [0.2, 0.25) is 0 Å². The first-order valence-corrected chi connectivity index (χ1v) is 5.72. The zero-order valence-corrected chi connectivity index (χ0v) is 10.9. The summed E-state index contributed by atoms with van der Waals surface area (Å²) < 4.78 is 5.66. The predicted molar refractivity (Wildman–Crippen MR) is 67.1 cm³/mol. The first-order chi connectivity index (χ1) is 7.30. The molecule has 16 heavy (non-hydrogen) atoms. The highest BCUT2D eigenvalue weighted by Gasteiger charge is 2.19. The maximum Gasteiger partial charge on any atom is 0.123 e. The number of hydrogen-bond donors (Lipinski definition) is 1. The molecule has 2 heteroatoms. The van der Waals surface area contributed by atoms with Gasteiger partial charge in [-0.15, -0.1) is 0 Å². The summed E-state index contributed by atoms with van der Waals surface area (Å²) in [5.74, 6) is 0.883. The van der Waals surface area contributed by atoms with Crippen LogP contribution in [-0.4, -0.2) is 17.8 Å². The average molecular weight is 222 g/mol. The number of hydrogen-bond acceptors (Lipinski definition) is 2. The van der Waals surface area contributed by atoms with Crippen molar-refractivity contribution >= 4 is 0 Å². The summed E-state index contributed by atoms with van der Waals surface area (Å²) in [5, 5.41) is 9.25. The van der Waals surface area contributed by atoms with Gasteiger partial charge in [0, 0.05) is 0 Å². The van der Waals surface area contributed by atoms with E-state index in [1.165, 1.54) is 11.1 Å². The van der Waals surface area contributed by atoms with E-state index in [2.05, 4.69) is 32.9 Å². The van der Waals surface area contributed by atoms with E-state index in [9.17, 15) is 5.11 Å². The molecule has 0 spiro atoms. The monoisotopic (exact) mass is 222 g/mol. The van der Waals surface area contributed by atoms with Gasteiger partial charge in [-0.1, -0.05) is 32.9 Å². The van der Waals surface area contributed by atoms with Gasteiger partial charge in [0.15, 0.2) is 0 Å². The highest BCUT2D eigenvalue weighted by molar-refractivity contribution is 5.41. The van der Waals surface area contributed by atoms with E-state index in [-0.39, 0.29) is 5.41 Å². The van der Waals surface area contributed by atoms with Crippen molar-refractivity contribution in [3.05, 3.63) is 29.3 Å². The fraction of sp³-hybridized carbons (Fsp3) is 0.571. The molecule has 0 aliphatic rings. The van der Waals surface area contributed by atoms with Crippen LogP contribution in [-0.2, 0) is 5.41 Å². The maximum absolute atomic E-state index is 9.25. The summed E-state index contributed by atoms with van der Waals surface area (Å²) in [5.41, 5.74) is 2.41. The SMILES string of the molecule is Cc1ccc(C(C)(C)C)c(OC[C@H](C)O)c1. The van der Waals surface area contributed by atoms with Gasteiger partial charge in [-0.25, -0.2) is 0 Å². The first-order valence-electron chi connectivity index (χ1n) is 5.72. The lowest BCUT2D eigenvalue weighted by Gasteiger charge is -2.23. The molecular formula is C14H22O2. The Morgan fingerprint density at radius 2 is 1.94 bits per heavy atom. The van der Waals surface area contributed by atoms with Gasteiger partial charge < -0.3 is 9.84 Å². The van der Waals surface area contributed by atoms with Crippen LogP contribution in [0.5, 0.6) is 5.75 Å². The number of aryl methyl sites for hydroxylation is 1. The quantitative estimate of drug-likeness (QED) is 0.851. The van der Waals surface area contributed by atoms with Crippen molar-refractivity contribution < 1.29 is 9.84 Å². The van der Waals surface area contributed by atoms with E-state index >= 15 is 0 Å². The molecule has 0 amide bonds. The van der Waals surface area contributed by atoms with Crippen LogP contribution in [0.15, 0.2) is 18.2 Å². The third-order valence-corrected chi connectivity index (χ3v) is 2.43. The van der Waals surface area contributed by atoms with Gasteiger partial charge in [-0.2, -0.15) is 0 Å². The maximum atomic E-state index is 9.25. The van der Waals surface area contributed by atoms with E-state index < -0.39 is 6.10 Å². The number of benzene rings is 1. The lowest BCUT2D eigenvalue weighted by Crippen LogP contribution is -2.17. The lowest BCUT2D eigenvalue weighted by atomic mass is 9.86. The smallest absolute Gasteiger partial charge is 0.123 e. The third kappa shape index (κ3) is 3.53. The first kappa shape index (κ1) is 13.0. The largest absolute Gasteiger partial charge is 0.491 e. The number of aliphatic hydroxyl groups is 1. The van der Waals surface area contributed by atoms with Crippen molar-refractivity contribution in [2.75, 3.05) is 6.61 Å². The molecule has 1 aromatic rings. The van der Waals surface area contributed by atoms with Crippen LogP contribution in [0.2, 0.25) is 0 Å². The van der Waals surface area contributed by atoms with Gasteiger partial charge in [-0.3, -0.25) is 0 Å². The van der Waals surface area contributed by atoms with Crippen molar-refractivity contribution in [3.8, 4) is 5.75 Å². The summed E-state index contributed by atoms with van der Waals surface area (Å²) in [7, 11) is 0. The van der Waals surface area contributed by atoms with Crippen molar-refractivity contribution in [3.63, 3.8) is 0 Å². The lowest BCUT2D eigenvalue weighted by molar-refractivity contribution is 0.121. The van der Waals surface area contributed by atoms with Crippen molar-refractivity contribution in [2.24, 2.45) is 0 Å². The second-order valence-corrected chi connectivity index (χ2v) is 5.41. The molecule has 1 rings (SSSR count). The number of rotatable bonds is 3. The van der Waals surface area contributed by atoms with Crippen LogP contribution in [0.1, 0.15) is 38.8 Å². The molecule has 1 aromatic carbocycles. The Kier molecular flexibility index (Phi) is 3.98. The number of ether oxygens (including phenoxy) is 1. The minimum Gasteiger partial charge on any atom is -0.491 e. The molecule has 0 saturated carbocycles. The highest BCUT2D eigenvalue weighted by Crippen LogP contribution is 2.32. The highest BCUT2D eigenvalue weighted by atomic mass is 16.5. The molecule has 1 atom stereocenters. The Hall–Kier alpha value is -1.02. The molecule has 1 N–H and O–H groups in total. The second kappa shape index (κ2) is 4.88. The van der Waals surface area contributed by atoms with E-state index in [1.807, 2.05) is 13.0 Å². The zero-order chi connectivity index (χ0) is 12.3. The van der Waals surface area contributed by atoms with Crippen LogP contribution < -0.4 is 4.74 Å². The molecule has 0 radical (unpaired) electrons. The molecule has 0 aromatic heterocycles. The second-order valence-electron chi connectivity index (χ2n) is 5.41. The van der Waals surface area contributed by atoms with Crippen molar-refractivity contribution in [1.29, 1.82) is 0 Å². The van der Waals surface area contributed by atoms with Crippen LogP contribution in [0.25, 0.3) is 0 Å². The van der Waals surface area contributed by atoms with Gasteiger partial charge in [0.1, 0.15) is 12.4 Å². The van der Waals surface area contributed by atoms with E-state index in [4.69, 9.17) is 4.74 Å². The minimum atomic E-state index is -0.437. The van der Waals surface area contributed by atoms with Crippen LogP contribution in [0.4, 0.5) is 0 Å². The van der Waals surface area contributed by atoms with Gasteiger partial charge in [-0.05, 0) is 36.5 Å². The Morgan fingerprint density at radius 3 is 2.44 bits per heavy atom. The van der Waals surface area contributed by atoms with E-state index in [1.54, 1.807) is 6.92 Å². The molecule has 90 valence electrons. The van der Waals surface area contributed by atoms with E-state index in [0.717, 1.165) is 5.75 Å². The molecule has 0 unspecified atom stereocenters. The van der Waals surface area contributed by atoms with Crippen LogP contribution in [0.3, 0.4) is 0 Å². The summed E-state index contributed by atoms with van der Waals surface area (Å²) in [4.78, 5) is 0. The van der Waals surface area contributed by atoms with Gasteiger partial charge in [0.25, 0.3) is 0 Å². The van der Waals surface area contributed by atoms with Crippen molar-refractivity contribution in [2.45, 2.75) is 46.1 Å². The van der Waals surface area contributed by atoms with Gasteiger partial charge in [0.05, 0.1) is 6.10 Å². The molecule has 2 nitrogen and oxygen atoms in total. The average Bonchev–Trinajstić information content (AvgIpc) is 2.12. The van der Waals surface area contributed by atoms with Crippen LogP contribution >= 0.6 is 0 Å². The summed E-state index contributed by atoms with van der Waals surface area (Å²) in [6, 6.07) is 6.23. The third-order valence-electron chi connectivity index (χ3n) is 2.43. The summed E-state index contributed by atoms with van der Waals surface area (Å²) in [6.45, 7) is 10.6. The molecule has 0 bridgehead atoms. The molecule has 0 saturated heterocycles.